The van der Waals surface area contributed by atoms with E-state index in [0.29, 0.717) is 27.6 Å². The number of nitrogens with one attached hydrogen (secondary N) is 1. The summed E-state index contributed by atoms with van der Waals surface area (Å²) in [5.41, 5.74) is 1.72. The lowest BCUT2D eigenvalue weighted by Crippen LogP contribution is -2.02. The van der Waals surface area contributed by atoms with Crippen molar-refractivity contribution in [3.63, 3.8) is 0 Å². The summed E-state index contributed by atoms with van der Waals surface area (Å²) < 4.78 is 18.5. The summed E-state index contributed by atoms with van der Waals surface area (Å²) in [4.78, 5) is 12.5. The average molecular weight is 369 g/mol. The van der Waals surface area contributed by atoms with Crippen LogP contribution in [0, 0.1) is 0 Å². The second-order valence-corrected chi connectivity index (χ2v) is 7.63. The van der Waals surface area contributed by atoms with E-state index in [0.717, 1.165) is 15.8 Å². The fourth-order valence-corrected chi connectivity index (χ4v) is 3.92. The molecule has 0 amide bonds. The van der Waals surface area contributed by atoms with Gasteiger partial charge in [-0.2, -0.15) is 0 Å². The summed E-state index contributed by atoms with van der Waals surface area (Å²) in [5.74, 6) is 1.25. The molecule has 1 unspecified atom stereocenters. The van der Waals surface area contributed by atoms with E-state index >= 15 is 0 Å². The fraction of sp³-hybridized carbons (Fsp3) is 0.214. The first kappa shape index (κ1) is 16.1. The lowest BCUT2D eigenvalue weighted by molar-refractivity contribution is 0.418. The largest absolute Gasteiger partial charge is 0.494 e. The predicted molar refractivity (Wildman–Crippen MR) is 92.9 cm³/mol. The minimum absolute atomic E-state index is 0.334. The maximum Gasteiger partial charge on any atom is 0.181 e. The summed E-state index contributed by atoms with van der Waals surface area (Å²) in [6.45, 7) is 0.532. The zero-order chi connectivity index (χ0) is 16.4. The maximum atomic E-state index is 11.6. The van der Waals surface area contributed by atoms with Crippen LogP contribution in [0.2, 0.25) is 5.15 Å². The molecule has 1 aromatic carbocycles. The lowest BCUT2D eigenvalue weighted by Gasteiger charge is -2.08. The van der Waals surface area contributed by atoms with Crippen molar-refractivity contribution in [2.75, 3.05) is 18.7 Å². The van der Waals surface area contributed by atoms with Crippen molar-refractivity contribution in [2.24, 2.45) is 0 Å². The van der Waals surface area contributed by atoms with Gasteiger partial charge in [-0.15, -0.1) is 11.3 Å². The summed E-state index contributed by atoms with van der Waals surface area (Å²) >= 11 is 7.22. The van der Waals surface area contributed by atoms with Gasteiger partial charge in [0, 0.05) is 12.8 Å². The van der Waals surface area contributed by atoms with E-state index in [2.05, 4.69) is 20.3 Å². The summed E-state index contributed by atoms with van der Waals surface area (Å²) in [5, 5.41) is 3.49. The van der Waals surface area contributed by atoms with Crippen molar-refractivity contribution in [1.29, 1.82) is 0 Å². The van der Waals surface area contributed by atoms with Gasteiger partial charge in [-0.25, -0.2) is 9.97 Å². The smallest absolute Gasteiger partial charge is 0.181 e. The number of methoxy groups -OCH3 is 1. The van der Waals surface area contributed by atoms with Gasteiger partial charge in [0.15, 0.2) is 4.34 Å². The number of hydrogen-bond acceptors (Lipinski definition) is 7. The third-order valence-corrected chi connectivity index (χ3v) is 5.56. The van der Waals surface area contributed by atoms with Gasteiger partial charge in [-0.05, 0) is 17.7 Å². The van der Waals surface area contributed by atoms with Crippen LogP contribution in [0.15, 0.2) is 28.9 Å². The number of anilines is 1. The maximum absolute atomic E-state index is 11.6. The van der Waals surface area contributed by atoms with E-state index < -0.39 is 10.8 Å². The van der Waals surface area contributed by atoms with Gasteiger partial charge in [0.2, 0.25) is 0 Å². The molecule has 0 fully saturated rings. The average Bonchev–Trinajstić information content (AvgIpc) is 2.96. The van der Waals surface area contributed by atoms with Gasteiger partial charge >= 0.3 is 0 Å². The first-order chi connectivity index (χ1) is 11.1. The zero-order valence-electron chi connectivity index (χ0n) is 12.4. The number of fused-ring (bicyclic) bond motifs is 1. The number of rotatable bonds is 5. The molecule has 120 valence electrons. The SMILES string of the molecule is COc1cc(CNc2cncc(Cl)n2)cc2sc(S(C)=O)nc12. The van der Waals surface area contributed by atoms with Gasteiger partial charge < -0.3 is 10.1 Å². The molecule has 9 heteroatoms. The molecule has 3 rings (SSSR count). The Hall–Kier alpha value is -1.77. The molecule has 0 aliphatic rings. The normalized spacial score (nSPS) is 12.3. The van der Waals surface area contributed by atoms with Crippen molar-refractivity contribution < 1.29 is 8.95 Å². The van der Waals surface area contributed by atoms with Crippen LogP contribution in [-0.2, 0) is 17.3 Å². The first-order valence-corrected chi connectivity index (χ1v) is 9.34. The Morgan fingerprint density at radius 2 is 2.17 bits per heavy atom. The second kappa shape index (κ2) is 6.77. The number of benzene rings is 1. The van der Waals surface area contributed by atoms with Crippen LogP contribution in [-0.4, -0.2) is 32.5 Å². The highest BCUT2D eigenvalue weighted by atomic mass is 35.5. The molecule has 23 heavy (non-hydrogen) atoms. The molecule has 2 aromatic heterocycles. The van der Waals surface area contributed by atoms with E-state index in [-0.39, 0.29) is 0 Å². The van der Waals surface area contributed by atoms with Gasteiger partial charge in [-0.1, -0.05) is 11.6 Å². The highest BCUT2D eigenvalue weighted by Gasteiger charge is 2.13. The molecular formula is C14H13ClN4O2S2. The van der Waals surface area contributed by atoms with Crippen molar-refractivity contribution in [2.45, 2.75) is 10.9 Å². The number of ether oxygens (including phenoxy) is 1. The molecule has 2 heterocycles. The highest BCUT2D eigenvalue weighted by molar-refractivity contribution is 7.86. The Bertz CT molecular complexity index is 884. The van der Waals surface area contributed by atoms with Crippen molar-refractivity contribution >= 4 is 49.8 Å². The molecule has 0 aliphatic heterocycles. The Morgan fingerprint density at radius 3 is 2.87 bits per heavy atom. The molecule has 0 bridgehead atoms. The summed E-state index contributed by atoms with van der Waals surface area (Å²) in [6.07, 6.45) is 4.70. The second-order valence-electron chi connectivity index (χ2n) is 4.66. The number of thiazole rings is 1. The van der Waals surface area contributed by atoms with Crippen LogP contribution in [0.3, 0.4) is 0 Å². The molecule has 1 atom stereocenters. The van der Waals surface area contributed by atoms with E-state index in [1.807, 2.05) is 12.1 Å². The molecule has 0 saturated heterocycles. The standard InChI is InChI=1S/C14H13ClN4O2S2/c1-21-9-3-8(5-17-12-7-16-6-11(15)18-12)4-10-13(9)19-14(22-10)23(2)20/h3-4,6-7H,5H2,1-2H3,(H,17,18). The topological polar surface area (TPSA) is 77.0 Å². The summed E-state index contributed by atoms with van der Waals surface area (Å²) in [7, 11) is 0.482. The Morgan fingerprint density at radius 1 is 1.35 bits per heavy atom. The number of nitrogens with zero attached hydrogens (tertiary/aromatic N) is 3. The summed E-state index contributed by atoms with van der Waals surface area (Å²) in [6, 6.07) is 3.90. The molecule has 3 aromatic rings. The molecule has 0 radical (unpaired) electrons. The van der Waals surface area contributed by atoms with Gasteiger partial charge in [0.05, 0.1) is 35.0 Å². The molecule has 1 N–H and O–H groups in total. The van der Waals surface area contributed by atoms with Crippen LogP contribution in [0.4, 0.5) is 5.82 Å². The van der Waals surface area contributed by atoms with E-state index in [4.69, 9.17) is 16.3 Å². The highest BCUT2D eigenvalue weighted by Crippen LogP contribution is 2.32. The van der Waals surface area contributed by atoms with Crippen molar-refractivity contribution in [3.05, 3.63) is 35.2 Å². The van der Waals surface area contributed by atoms with Crippen molar-refractivity contribution in [3.8, 4) is 5.75 Å². The minimum Gasteiger partial charge on any atom is -0.494 e. The van der Waals surface area contributed by atoms with Gasteiger partial charge in [0.25, 0.3) is 0 Å². The van der Waals surface area contributed by atoms with E-state index in [1.165, 1.54) is 17.5 Å². The molecule has 0 aliphatic carbocycles. The number of aromatic nitrogens is 3. The number of hydrogen-bond donors (Lipinski definition) is 1. The quantitative estimate of drug-likeness (QED) is 0.745. The molecular weight excluding hydrogens is 356 g/mol. The molecule has 0 saturated carbocycles. The first-order valence-electron chi connectivity index (χ1n) is 6.59. The Balaban J connectivity index is 1.90. The minimum atomic E-state index is -1.11. The van der Waals surface area contributed by atoms with Crippen LogP contribution in [0.25, 0.3) is 10.2 Å². The van der Waals surface area contributed by atoms with Crippen LogP contribution < -0.4 is 10.1 Å². The van der Waals surface area contributed by atoms with Crippen LogP contribution in [0.1, 0.15) is 5.56 Å². The lowest BCUT2D eigenvalue weighted by atomic mass is 10.2. The molecule has 0 spiro atoms. The van der Waals surface area contributed by atoms with E-state index in [1.54, 1.807) is 19.6 Å². The van der Waals surface area contributed by atoms with E-state index in [9.17, 15) is 4.21 Å². The predicted octanol–water partition coefficient (Wildman–Crippen LogP) is 3.10. The number of halogens is 1. The van der Waals surface area contributed by atoms with Gasteiger partial charge in [0.1, 0.15) is 22.2 Å². The van der Waals surface area contributed by atoms with Crippen LogP contribution >= 0.6 is 22.9 Å². The third-order valence-electron chi connectivity index (χ3n) is 3.04. The monoisotopic (exact) mass is 368 g/mol. The van der Waals surface area contributed by atoms with Crippen LogP contribution in [0.5, 0.6) is 5.75 Å². The Labute approximate surface area is 144 Å². The fourth-order valence-electron chi connectivity index (χ4n) is 2.03. The van der Waals surface area contributed by atoms with Gasteiger partial charge in [-0.3, -0.25) is 9.19 Å². The Kier molecular flexibility index (Phi) is 4.74. The van der Waals surface area contributed by atoms with Crippen molar-refractivity contribution in [1.82, 2.24) is 15.0 Å². The molecule has 6 nitrogen and oxygen atoms in total. The third kappa shape index (κ3) is 3.60. The zero-order valence-corrected chi connectivity index (χ0v) is 14.8.